The molecule has 0 atom stereocenters. The minimum Gasteiger partial charge on any atom is -0.497 e. The Bertz CT molecular complexity index is 1340. The van der Waals surface area contributed by atoms with Crippen molar-refractivity contribution < 1.29 is 14.3 Å². The summed E-state index contributed by atoms with van der Waals surface area (Å²) in [6.45, 7) is 0. The van der Waals surface area contributed by atoms with E-state index in [1.165, 1.54) is 28.6 Å². The number of ketones is 1. The average molecular weight is 497 g/mol. The van der Waals surface area contributed by atoms with Crippen molar-refractivity contribution in [1.29, 1.82) is 0 Å². The molecule has 1 aliphatic rings. The van der Waals surface area contributed by atoms with Crippen LogP contribution >= 0.6 is 34.7 Å². The summed E-state index contributed by atoms with van der Waals surface area (Å²) in [5.74, 6) is 0.698. The van der Waals surface area contributed by atoms with Gasteiger partial charge in [0.15, 0.2) is 10.9 Å². The number of ether oxygens (including phenoxy) is 1. The van der Waals surface area contributed by atoms with Crippen LogP contribution < -0.4 is 4.74 Å². The normalized spacial score (nSPS) is 13.2. The van der Waals surface area contributed by atoms with Gasteiger partial charge in [-0.25, -0.2) is 4.98 Å². The third-order valence-corrected chi connectivity index (χ3v) is 8.14. The number of fused-ring (bicyclic) bond motifs is 3. The number of carbonyl (C=O) groups is 2. The van der Waals surface area contributed by atoms with Gasteiger partial charge in [-0.05, 0) is 79.8 Å². The summed E-state index contributed by atoms with van der Waals surface area (Å²) >= 11 is 8.90. The first-order chi connectivity index (χ1) is 16.0. The van der Waals surface area contributed by atoms with E-state index >= 15 is 0 Å². The first-order valence-electron chi connectivity index (χ1n) is 10.7. The molecule has 168 valence electrons. The van der Waals surface area contributed by atoms with Gasteiger partial charge in [-0.3, -0.25) is 14.2 Å². The van der Waals surface area contributed by atoms with Crippen molar-refractivity contribution in [2.75, 3.05) is 12.9 Å². The molecule has 0 spiro atoms. The Morgan fingerprint density at radius 2 is 1.76 bits per heavy atom. The molecule has 0 N–H and O–H groups in total. The summed E-state index contributed by atoms with van der Waals surface area (Å²) in [5, 5.41) is 1.14. The first kappa shape index (κ1) is 22.2. The van der Waals surface area contributed by atoms with E-state index in [1.807, 2.05) is 0 Å². The number of rotatable bonds is 6. The molecule has 0 saturated heterocycles. The van der Waals surface area contributed by atoms with E-state index in [1.54, 1.807) is 71.5 Å². The lowest BCUT2D eigenvalue weighted by molar-refractivity contribution is 0.0952. The van der Waals surface area contributed by atoms with Crippen molar-refractivity contribution in [3.8, 4) is 5.75 Å². The second-order valence-corrected chi connectivity index (χ2v) is 10.3. The minimum atomic E-state index is -0.146. The van der Waals surface area contributed by atoms with Gasteiger partial charge in [0.1, 0.15) is 10.6 Å². The van der Waals surface area contributed by atoms with Crippen LogP contribution in [0.15, 0.2) is 53.7 Å². The van der Waals surface area contributed by atoms with Crippen molar-refractivity contribution in [1.82, 2.24) is 9.55 Å². The third kappa shape index (κ3) is 4.33. The summed E-state index contributed by atoms with van der Waals surface area (Å²) in [5.41, 5.74) is 3.27. The number of imidazole rings is 1. The zero-order valence-corrected chi connectivity index (χ0v) is 20.4. The van der Waals surface area contributed by atoms with Gasteiger partial charge in [-0.15, -0.1) is 11.3 Å². The quantitative estimate of drug-likeness (QED) is 0.231. The second kappa shape index (κ2) is 9.33. The van der Waals surface area contributed by atoms with E-state index in [4.69, 9.17) is 21.3 Å². The van der Waals surface area contributed by atoms with Crippen molar-refractivity contribution in [2.24, 2.45) is 0 Å². The number of hydrogen-bond acceptors (Lipinski definition) is 6. The van der Waals surface area contributed by atoms with Crippen LogP contribution in [0.4, 0.5) is 0 Å². The maximum absolute atomic E-state index is 13.7. The van der Waals surface area contributed by atoms with Crippen LogP contribution in [0.3, 0.4) is 0 Å². The highest BCUT2D eigenvalue weighted by Gasteiger charge is 2.27. The highest BCUT2D eigenvalue weighted by Crippen LogP contribution is 2.39. The lowest BCUT2D eigenvalue weighted by atomic mass is 9.98. The summed E-state index contributed by atoms with van der Waals surface area (Å²) in [7, 11) is 1.60. The van der Waals surface area contributed by atoms with Crippen LogP contribution in [0, 0.1) is 0 Å². The number of nitrogens with zero attached hydrogens (tertiary/aromatic N) is 2. The lowest BCUT2D eigenvalue weighted by Gasteiger charge is -2.13. The van der Waals surface area contributed by atoms with E-state index in [0.29, 0.717) is 27.1 Å². The molecule has 0 fully saturated rings. The fourth-order valence-electron chi connectivity index (χ4n) is 4.07. The van der Waals surface area contributed by atoms with Crippen molar-refractivity contribution >= 4 is 56.7 Å². The molecule has 0 aliphatic heterocycles. The average Bonchev–Trinajstić information content (AvgIpc) is 3.38. The van der Waals surface area contributed by atoms with Crippen LogP contribution in [0.1, 0.15) is 44.0 Å². The highest BCUT2D eigenvalue weighted by atomic mass is 35.5. The molecule has 33 heavy (non-hydrogen) atoms. The second-order valence-electron chi connectivity index (χ2n) is 7.85. The molecule has 8 heteroatoms. The van der Waals surface area contributed by atoms with Gasteiger partial charge in [0.05, 0.1) is 18.4 Å². The van der Waals surface area contributed by atoms with E-state index in [9.17, 15) is 9.59 Å². The minimum absolute atomic E-state index is 0.0338. The predicted molar refractivity (Wildman–Crippen MR) is 133 cm³/mol. The summed E-state index contributed by atoms with van der Waals surface area (Å²) in [6, 6.07) is 13.9. The van der Waals surface area contributed by atoms with Crippen LogP contribution in [0.25, 0.3) is 10.3 Å². The molecule has 0 radical (unpaired) electrons. The molecule has 2 aromatic carbocycles. The van der Waals surface area contributed by atoms with Crippen LogP contribution in [0.5, 0.6) is 5.75 Å². The number of carbonyl (C=O) groups excluding carboxylic acids is 2. The largest absolute Gasteiger partial charge is 0.497 e. The van der Waals surface area contributed by atoms with E-state index in [0.717, 1.165) is 29.6 Å². The van der Waals surface area contributed by atoms with Gasteiger partial charge in [-0.1, -0.05) is 23.4 Å². The number of aromatic nitrogens is 2. The Morgan fingerprint density at radius 3 is 2.48 bits per heavy atom. The Balaban J connectivity index is 1.52. The van der Waals surface area contributed by atoms with Crippen molar-refractivity contribution in [2.45, 2.75) is 30.8 Å². The smallest absolute Gasteiger partial charge is 0.264 e. The molecule has 0 saturated carbocycles. The summed E-state index contributed by atoms with van der Waals surface area (Å²) in [4.78, 5) is 33.4. The number of Topliss-reactive ketones (excluding diaryl/α,β-unsaturated/α-hetero) is 1. The SMILES string of the molecule is COc1ccc(C(=O)n2c(SCC(=O)c3ccc(Cl)cc3)nc3sc4c(c32)CCCC4)cc1. The highest BCUT2D eigenvalue weighted by molar-refractivity contribution is 7.99. The molecule has 2 heterocycles. The molecule has 1 aliphatic carbocycles. The Kier molecular flexibility index (Phi) is 6.27. The van der Waals surface area contributed by atoms with Gasteiger partial charge in [0.2, 0.25) is 0 Å². The lowest BCUT2D eigenvalue weighted by Crippen LogP contribution is -2.15. The number of halogens is 1. The molecule has 5 rings (SSSR count). The molecule has 5 nitrogen and oxygen atoms in total. The number of methoxy groups -OCH3 is 1. The van der Waals surface area contributed by atoms with Gasteiger partial charge in [0.25, 0.3) is 5.91 Å². The molecular formula is C25H21ClN2O3S2. The monoisotopic (exact) mass is 496 g/mol. The molecular weight excluding hydrogens is 476 g/mol. The zero-order valence-electron chi connectivity index (χ0n) is 18.0. The summed E-state index contributed by atoms with van der Waals surface area (Å²) < 4.78 is 6.94. The Morgan fingerprint density at radius 1 is 1.06 bits per heavy atom. The Labute approximate surface area is 204 Å². The van der Waals surface area contributed by atoms with E-state index in [-0.39, 0.29) is 17.4 Å². The number of benzene rings is 2. The fraction of sp³-hybridized carbons (Fsp3) is 0.240. The van der Waals surface area contributed by atoms with Gasteiger partial charge in [-0.2, -0.15) is 0 Å². The number of thioether (sulfide) groups is 1. The van der Waals surface area contributed by atoms with E-state index in [2.05, 4.69) is 0 Å². The Hall–Kier alpha value is -2.61. The molecule has 0 unspecified atom stereocenters. The van der Waals surface area contributed by atoms with Gasteiger partial charge >= 0.3 is 0 Å². The molecule has 4 aromatic rings. The topological polar surface area (TPSA) is 61.2 Å². The van der Waals surface area contributed by atoms with E-state index < -0.39 is 0 Å². The molecule has 2 aromatic heterocycles. The van der Waals surface area contributed by atoms with Crippen LogP contribution in [-0.4, -0.2) is 34.1 Å². The number of hydrogen-bond donors (Lipinski definition) is 0. The van der Waals surface area contributed by atoms with Crippen LogP contribution in [-0.2, 0) is 12.8 Å². The van der Waals surface area contributed by atoms with Gasteiger partial charge in [0, 0.05) is 21.0 Å². The standard InChI is InChI=1S/C25H21ClN2O3S2/c1-31-18-12-8-16(9-13-18)24(30)28-22-19-4-2-3-5-21(19)33-23(22)27-25(28)32-14-20(29)15-6-10-17(26)11-7-15/h6-13H,2-5,14H2,1H3. The molecule has 0 amide bonds. The van der Waals surface area contributed by atoms with Crippen LogP contribution in [0.2, 0.25) is 5.02 Å². The maximum Gasteiger partial charge on any atom is 0.264 e. The van der Waals surface area contributed by atoms with Crippen molar-refractivity contribution in [3.05, 3.63) is 75.1 Å². The number of aryl methyl sites for hydroxylation is 2. The van der Waals surface area contributed by atoms with Crippen molar-refractivity contribution in [3.63, 3.8) is 0 Å². The molecule has 0 bridgehead atoms. The number of thiophene rings is 1. The maximum atomic E-state index is 13.7. The predicted octanol–water partition coefficient (Wildman–Crippen LogP) is 6.30. The fourth-order valence-corrected chi connectivity index (χ4v) is 6.39. The summed E-state index contributed by atoms with van der Waals surface area (Å²) in [6.07, 6.45) is 4.26. The van der Waals surface area contributed by atoms with Gasteiger partial charge < -0.3 is 4.74 Å². The zero-order chi connectivity index (χ0) is 22.9. The first-order valence-corrected chi connectivity index (χ1v) is 12.9. The third-order valence-electron chi connectivity index (χ3n) is 5.78.